The van der Waals surface area contributed by atoms with Gasteiger partial charge in [0.15, 0.2) is 0 Å². The zero-order valence-corrected chi connectivity index (χ0v) is 15.6. The number of nitro benzene ring substituents is 1. The Morgan fingerprint density at radius 2 is 1.89 bits per heavy atom. The first kappa shape index (κ1) is 19.8. The van der Waals surface area contributed by atoms with Gasteiger partial charge in [-0.25, -0.2) is 8.42 Å². The Hall–Kier alpha value is -2.98. The van der Waals surface area contributed by atoms with Gasteiger partial charge in [0.25, 0.3) is 21.6 Å². The van der Waals surface area contributed by atoms with Gasteiger partial charge in [-0.15, -0.1) is 0 Å². The molecule has 1 heterocycles. The average molecular weight is 405 g/mol. The van der Waals surface area contributed by atoms with Crippen molar-refractivity contribution >= 4 is 27.3 Å². The van der Waals surface area contributed by atoms with E-state index >= 15 is 0 Å². The number of amides is 1. The molecular formula is C18H19N3O6S. The summed E-state index contributed by atoms with van der Waals surface area (Å²) in [5, 5.41) is 13.5. The fraction of sp³-hybridized carbons (Fsp3) is 0.278. The van der Waals surface area contributed by atoms with Crippen LogP contribution in [0.5, 0.6) is 0 Å². The number of nitrogens with zero attached hydrogens (tertiary/aromatic N) is 1. The fourth-order valence-electron chi connectivity index (χ4n) is 2.83. The number of benzene rings is 2. The molecule has 0 spiro atoms. The molecule has 1 atom stereocenters. The lowest BCUT2D eigenvalue weighted by Crippen LogP contribution is -2.32. The summed E-state index contributed by atoms with van der Waals surface area (Å²) in [5.74, 6) is -0.419. The predicted octanol–water partition coefficient (Wildman–Crippen LogP) is 2.30. The SMILES string of the molecule is O=C(NCC1CCCO1)c1ccccc1NS(=O)(=O)c1ccc([N+](=O)[O-])cc1. The highest BCUT2D eigenvalue weighted by Gasteiger charge is 2.21. The van der Waals surface area contributed by atoms with Crippen molar-refractivity contribution in [1.29, 1.82) is 0 Å². The first-order valence-electron chi connectivity index (χ1n) is 8.63. The third kappa shape index (κ3) is 4.65. The highest BCUT2D eigenvalue weighted by Crippen LogP contribution is 2.22. The van der Waals surface area contributed by atoms with Gasteiger partial charge in [0.2, 0.25) is 0 Å². The van der Waals surface area contributed by atoms with Gasteiger partial charge in [0, 0.05) is 25.3 Å². The Bertz CT molecular complexity index is 969. The van der Waals surface area contributed by atoms with Crippen LogP contribution in [0.4, 0.5) is 11.4 Å². The van der Waals surface area contributed by atoms with Crippen molar-refractivity contribution in [3.63, 3.8) is 0 Å². The van der Waals surface area contributed by atoms with Crippen LogP contribution in [0, 0.1) is 10.1 Å². The molecule has 0 aromatic heterocycles. The Balaban J connectivity index is 1.76. The molecular weight excluding hydrogens is 386 g/mol. The second-order valence-corrected chi connectivity index (χ2v) is 7.93. The Labute approximate surface area is 161 Å². The van der Waals surface area contributed by atoms with E-state index in [9.17, 15) is 23.3 Å². The number of para-hydroxylation sites is 1. The largest absolute Gasteiger partial charge is 0.376 e. The van der Waals surface area contributed by atoms with Crippen molar-refractivity contribution in [2.24, 2.45) is 0 Å². The molecule has 2 aromatic rings. The van der Waals surface area contributed by atoms with Crippen LogP contribution in [0.3, 0.4) is 0 Å². The number of nitro groups is 1. The number of non-ortho nitro benzene ring substituents is 1. The van der Waals surface area contributed by atoms with Crippen molar-refractivity contribution < 1.29 is 22.9 Å². The van der Waals surface area contributed by atoms with Gasteiger partial charge in [-0.3, -0.25) is 19.6 Å². The molecule has 1 aliphatic heterocycles. The Morgan fingerprint density at radius 1 is 1.18 bits per heavy atom. The number of nitrogens with one attached hydrogen (secondary N) is 2. The van der Waals surface area contributed by atoms with E-state index in [-0.39, 0.29) is 27.9 Å². The van der Waals surface area contributed by atoms with Crippen LogP contribution in [0.15, 0.2) is 53.4 Å². The normalized spacial score (nSPS) is 16.5. The molecule has 148 valence electrons. The molecule has 0 radical (unpaired) electrons. The van der Waals surface area contributed by atoms with Crippen molar-refractivity contribution in [3.8, 4) is 0 Å². The minimum Gasteiger partial charge on any atom is -0.376 e. The number of hydrogen-bond acceptors (Lipinski definition) is 6. The van der Waals surface area contributed by atoms with E-state index in [2.05, 4.69) is 10.0 Å². The Morgan fingerprint density at radius 3 is 2.54 bits per heavy atom. The molecule has 3 rings (SSSR count). The molecule has 1 unspecified atom stereocenters. The summed E-state index contributed by atoms with van der Waals surface area (Å²) < 4.78 is 33.0. The molecule has 1 aliphatic rings. The molecule has 10 heteroatoms. The maximum atomic E-state index is 12.6. The van der Waals surface area contributed by atoms with Crippen LogP contribution < -0.4 is 10.0 Å². The maximum absolute atomic E-state index is 12.6. The highest BCUT2D eigenvalue weighted by atomic mass is 32.2. The minimum atomic E-state index is -4.02. The summed E-state index contributed by atoms with van der Waals surface area (Å²) in [5.41, 5.74) is 0.0736. The van der Waals surface area contributed by atoms with Gasteiger partial charge in [-0.05, 0) is 37.1 Å². The summed E-state index contributed by atoms with van der Waals surface area (Å²) in [6.07, 6.45) is 1.79. The van der Waals surface area contributed by atoms with Gasteiger partial charge in [0.05, 0.1) is 27.2 Å². The van der Waals surface area contributed by atoms with Crippen LogP contribution in [-0.4, -0.2) is 38.5 Å². The predicted molar refractivity (Wildman–Crippen MR) is 102 cm³/mol. The summed E-state index contributed by atoms with van der Waals surface area (Å²) >= 11 is 0. The van der Waals surface area contributed by atoms with Crippen LogP contribution in [0.2, 0.25) is 0 Å². The molecule has 2 N–H and O–H groups in total. The second kappa shape index (κ2) is 8.36. The van der Waals surface area contributed by atoms with Crippen molar-refractivity contribution in [1.82, 2.24) is 5.32 Å². The second-order valence-electron chi connectivity index (χ2n) is 6.25. The van der Waals surface area contributed by atoms with Crippen molar-refractivity contribution in [2.75, 3.05) is 17.9 Å². The molecule has 0 aliphatic carbocycles. The number of sulfonamides is 1. The molecule has 0 bridgehead atoms. The molecule has 9 nitrogen and oxygen atoms in total. The van der Waals surface area contributed by atoms with Crippen LogP contribution in [0.1, 0.15) is 23.2 Å². The van der Waals surface area contributed by atoms with Gasteiger partial charge in [-0.1, -0.05) is 12.1 Å². The minimum absolute atomic E-state index is 0.0343. The van der Waals surface area contributed by atoms with E-state index in [1.54, 1.807) is 12.1 Å². The molecule has 2 aromatic carbocycles. The summed E-state index contributed by atoms with van der Waals surface area (Å²) in [4.78, 5) is 22.4. The average Bonchev–Trinajstić information content (AvgIpc) is 3.20. The lowest BCUT2D eigenvalue weighted by Gasteiger charge is -2.14. The van der Waals surface area contributed by atoms with Gasteiger partial charge < -0.3 is 10.1 Å². The van der Waals surface area contributed by atoms with Gasteiger partial charge >= 0.3 is 0 Å². The number of carbonyl (C=O) groups excluding carboxylic acids is 1. The van der Waals surface area contributed by atoms with Crippen LogP contribution in [0.25, 0.3) is 0 Å². The van der Waals surface area contributed by atoms with E-state index in [1.165, 1.54) is 12.1 Å². The standard InChI is InChI=1S/C18H19N3O6S/c22-18(19-12-14-4-3-11-27-14)16-5-1-2-6-17(16)20-28(25,26)15-9-7-13(8-10-15)21(23)24/h1-2,5-10,14,20H,3-4,11-12H2,(H,19,22). The number of rotatable bonds is 7. The smallest absolute Gasteiger partial charge is 0.269 e. The summed E-state index contributed by atoms with van der Waals surface area (Å²) in [6.45, 7) is 1.02. The lowest BCUT2D eigenvalue weighted by molar-refractivity contribution is -0.384. The number of hydrogen-bond donors (Lipinski definition) is 2. The molecule has 1 fully saturated rings. The number of carbonyl (C=O) groups is 1. The molecule has 1 saturated heterocycles. The maximum Gasteiger partial charge on any atom is 0.269 e. The number of anilines is 1. The van der Waals surface area contributed by atoms with Gasteiger partial charge in [-0.2, -0.15) is 0 Å². The zero-order valence-electron chi connectivity index (χ0n) is 14.8. The summed E-state index contributed by atoms with van der Waals surface area (Å²) in [6, 6.07) is 10.7. The summed E-state index contributed by atoms with van der Waals surface area (Å²) in [7, 11) is -4.02. The van der Waals surface area contributed by atoms with Crippen LogP contribution in [-0.2, 0) is 14.8 Å². The Kier molecular flexibility index (Phi) is 5.90. The first-order valence-corrected chi connectivity index (χ1v) is 10.1. The fourth-order valence-corrected chi connectivity index (χ4v) is 3.91. The van der Waals surface area contributed by atoms with Crippen molar-refractivity contribution in [3.05, 3.63) is 64.2 Å². The third-order valence-corrected chi connectivity index (χ3v) is 5.67. The molecule has 0 saturated carbocycles. The van der Waals surface area contributed by atoms with E-state index < -0.39 is 20.9 Å². The molecule has 1 amide bonds. The third-order valence-electron chi connectivity index (χ3n) is 4.29. The van der Waals surface area contributed by atoms with Crippen LogP contribution >= 0.6 is 0 Å². The van der Waals surface area contributed by atoms with Crippen molar-refractivity contribution in [2.45, 2.75) is 23.8 Å². The molecule has 28 heavy (non-hydrogen) atoms. The number of ether oxygens (including phenoxy) is 1. The highest BCUT2D eigenvalue weighted by molar-refractivity contribution is 7.92. The monoisotopic (exact) mass is 405 g/mol. The topological polar surface area (TPSA) is 128 Å². The quantitative estimate of drug-likeness (QED) is 0.537. The van der Waals surface area contributed by atoms with Gasteiger partial charge in [0.1, 0.15) is 0 Å². The van der Waals surface area contributed by atoms with E-state index in [0.29, 0.717) is 13.2 Å². The van der Waals surface area contributed by atoms with E-state index in [4.69, 9.17) is 4.74 Å². The van der Waals surface area contributed by atoms with E-state index in [1.807, 2.05) is 0 Å². The lowest BCUT2D eigenvalue weighted by atomic mass is 10.1. The zero-order chi connectivity index (χ0) is 20.1. The van der Waals surface area contributed by atoms with E-state index in [0.717, 1.165) is 37.1 Å². The first-order chi connectivity index (χ1) is 13.4.